The van der Waals surface area contributed by atoms with Crippen molar-refractivity contribution in [2.24, 2.45) is 0 Å². The van der Waals surface area contributed by atoms with E-state index in [1.807, 2.05) is 0 Å². The van der Waals surface area contributed by atoms with E-state index < -0.39 is 21.1 Å². The second kappa shape index (κ2) is 7.09. The number of hydrogen-bond donors (Lipinski definition) is 0. The van der Waals surface area contributed by atoms with Crippen LogP contribution in [0.15, 0.2) is 0 Å². The topological polar surface area (TPSA) is 69.7 Å². The summed E-state index contributed by atoms with van der Waals surface area (Å²) in [6.07, 6.45) is 3.62. The lowest BCUT2D eigenvalue weighted by Gasteiger charge is -2.13. The zero-order valence-electron chi connectivity index (χ0n) is 11.1. The molecule has 1 fully saturated rings. The molecule has 1 heterocycles. The maximum atomic E-state index is 11.9. The zero-order chi connectivity index (χ0) is 13.6. The summed E-state index contributed by atoms with van der Waals surface area (Å²) in [4.78, 5) is 11.0. The summed E-state index contributed by atoms with van der Waals surface area (Å²) < 4.78 is 33.7. The molecule has 1 saturated heterocycles. The molecule has 0 spiro atoms. The van der Waals surface area contributed by atoms with Crippen molar-refractivity contribution in [1.82, 2.24) is 0 Å². The van der Waals surface area contributed by atoms with Crippen LogP contribution in [-0.4, -0.2) is 45.2 Å². The van der Waals surface area contributed by atoms with Gasteiger partial charge in [-0.2, -0.15) is 0 Å². The van der Waals surface area contributed by atoms with Crippen molar-refractivity contribution in [2.45, 2.75) is 50.4 Å². The van der Waals surface area contributed by atoms with Crippen LogP contribution in [-0.2, 0) is 24.1 Å². The van der Waals surface area contributed by atoms with Crippen LogP contribution in [0.5, 0.6) is 0 Å². The van der Waals surface area contributed by atoms with Crippen molar-refractivity contribution in [3.05, 3.63) is 0 Å². The third-order valence-electron chi connectivity index (χ3n) is 3.27. The van der Waals surface area contributed by atoms with Gasteiger partial charge in [0, 0.05) is 6.61 Å². The second-order valence-electron chi connectivity index (χ2n) is 4.74. The molecule has 0 aromatic rings. The van der Waals surface area contributed by atoms with Crippen molar-refractivity contribution in [2.75, 3.05) is 19.5 Å². The number of carbonyl (C=O) groups is 1. The Balaban J connectivity index is 2.31. The molecule has 0 aromatic heterocycles. The fourth-order valence-corrected chi connectivity index (χ4v) is 3.39. The maximum absolute atomic E-state index is 11.9. The first-order valence-electron chi connectivity index (χ1n) is 6.35. The highest BCUT2D eigenvalue weighted by Gasteiger charge is 2.24. The van der Waals surface area contributed by atoms with Crippen molar-refractivity contribution in [3.63, 3.8) is 0 Å². The van der Waals surface area contributed by atoms with Gasteiger partial charge in [0.1, 0.15) is 0 Å². The quantitative estimate of drug-likeness (QED) is 0.657. The van der Waals surface area contributed by atoms with E-state index in [0.717, 1.165) is 25.9 Å². The first kappa shape index (κ1) is 15.4. The summed E-state index contributed by atoms with van der Waals surface area (Å²) in [6.45, 7) is 2.34. The normalized spacial score (nSPS) is 21.8. The summed E-state index contributed by atoms with van der Waals surface area (Å²) in [5.74, 6) is -0.365. The fraction of sp³-hybridized carbons (Fsp3) is 0.917. The molecule has 2 unspecified atom stereocenters. The first-order chi connectivity index (χ1) is 8.45. The molecular weight excluding hydrogens is 256 g/mol. The van der Waals surface area contributed by atoms with Crippen molar-refractivity contribution in [3.8, 4) is 0 Å². The van der Waals surface area contributed by atoms with Gasteiger partial charge < -0.3 is 9.47 Å². The Morgan fingerprint density at radius 2 is 2.22 bits per heavy atom. The molecule has 0 bridgehead atoms. The van der Waals surface area contributed by atoms with Gasteiger partial charge in [-0.05, 0) is 32.6 Å². The molecule has 0 aliphatic carbocycles. The van der Waals surface area contributed by atoms with Gasteiger partial charge in [-0.15, -0.1) is 0 Å². The number of ether oxygens (including phenoxy) is 2. The lowest BCUT2D eigenvalue weighted by molar-refractivity contribution is -0.140. The Kier molecular flexibility index (Phi) is 6.08. The Bertz CT molecular complexity index is 357. The van der Waals surface area contributed by atoms with Gasteiger partial charge in [0.2, 0.25) is 0 Å². The highest BCUT2D eigenvalue weighted by atomic mass is 32.2. The molecule has 1 aliphatic rings. The van der Waals surface area contributed by atoms with Gasteiger partial charge >= 0.3 is 5.97 Å². The lowest BCUT2D eigenvalue weighted by atomic mass is 10.1. The maximum Gasteiger partial charge on any atom is 0.306 e. The van der Waals surface area contributed by atoms with E-state index >= 15 is 0 Å². The molecule has 2 atom stereocenters. The molecule has 0 radical (unpaired) electrons. The van der Waals surface area contributed by atoms with E-state index in [1.54, 1.807) is 6.92 Å². The number of sulfone groups is 1. The van der Waals surface area contributed by atoms with Crippen LogP contribution in [0.1, 0.15) is 39.0 Å². The van der Waals surface area contributed by atoms with Gasteiger partial charge in [-0.3, -0.25) is 4.79 Å². The Morgan fingerprint density at radius 1 is 1.50 bits per heavy atom. The van der Waals surface area contributed by atoms with Crippen LogP contribution >= 0.6 is 0 Å². The average molecular weight is 278 g/mol. The van der Waals surface area contributed by atoms with Crippen LogP contribution in [0.4, 0.5) is 0 Å². The molecule has 0 aromatic carbocycles. The van der Waals surface area contributed by atoms with Crippen molar-refractivity contribution >= 4 is 15.8 Å². The highest BCUT2D eigenvalue weighted by molar-refractivity contribution is 7.92. The Morgan fingerprint density at radius 3 is 2.78 bits per heavy atom. The van der Waals surface area contributed by atoms with Crippen molar-refractivity contribution < 1.29 is 22.7 Å². The lowest BCUT2D eigenvalue weighted by Crippen LogP contribution is -2.25. The molecule has 0 saturated carbocycles. The fourth-order valence-electron chi connectivity index (χ4n) is 2.03. The molecule has 1 rings (SSSR count). The summed E-state index contributed by atoms with van der Waals surface area (Å²) in [5, 5.41) is -0.672. The minimum absolute atomic E-state index is 0.0707. The molecular formula is C12H22O5S. The van der Waals surface area contributed by atoms with Crippen LogP contribution < -0.4 is 0 Å². The van der Waals surface area contributed by atoms with Gasteiger partial charge in [0.25, 0.3) is 0 Å². The minimum atomic E-state index is -3.21. The summed E-state index contributed by atoms with van der Waals surface area (Å²) in [5.41, 5.74) is 0. The van der Waals surface area contributed by atoms with E-state index in [0.29, 0.717) is 6.42 Å². The minimum Gasteiger partial charge on any atom is -0.469 e. The number of rotatable bonds is 7. The van der Waals surface area contributed by atoms with Crippen LogP contribution in [0.25, 0.3) is 0 Å². The van der Waals surface area contributed by atoms with Crippen LogP contribution in [0.3, 0.4) is 0 Å². The van der Waals surface area contributed by atoms with E-state index in [4.69, 9.17) is 4.74 Å². The number of esters is 1. The molecule has 0 N–H and O–H groups in total. The van der Waals surface area contributed by atoms with Gasteiger partial charge in [-0.1, -0.05) is 0 Å². The van der Waals surface area contributed by atoms with E-state index in [2.05, 4.69) is 4.74 Å². The Labute approximate surface area is 109 Å². The number of methoxy groups -OCH3 is 1. The van der Waals surface area contributed by atoms with E-state index in [9.17, 15) is 13.2 Å². The predicted molar refractivity (Wildman–Crippen MR) is 68.1 cm³/mol. The molecule has 0 amide bonds. The molecule has 6 heteroatoms. The van der Waals surface area contributed by atoms with Crippen LogP contribution in [0, 0.1) is 0 Å². The summed E-state index contributed by atoms with van der Waals surface area (Å²) in [7, 11) is -1.95. The first-order valence-corrected chi connectivity index (χ1v) is 8.07. The molecule has 18 heavy (non-hydrogen) atoms. The number of hydrogen-bond acceptors (Lipinski definition) is 5. The smallest absolute Gasteiger partial charge is 0.306 e. The zero-order valence-corrected chi connectivity index (χ0v) is 11.9. The van der Waals surface area contributed by atoms with Crippen LogP contribution in [0.2, 0.25) is 0 Å². The average Bonchev–Trinajstić information content (AvgIpc) is 2.81. The second-order valence-corrected chi connectivity index (χ2v) is 7.27. The SMILES string of the molecule is COC(=O)CC(C)S(=O)(=O)CCCC1CCCO1. The van der Waals surface area contributed by atoms with Gasteiger partial charge in [-0.25, -0.2) is 8.42 Å². The monoisotopic (exact) mass is 278 g/mol. The summed E-state index contributed by atoms with van der Waals surface area (Å²) in [6, 6.07) is 0. The highest BCUT2D eigenvalue weighted by Crippen LogP contribution is 2.18. The van der Waals surface area contributed by atoms with E-state index in [-0.39, 0.29) is 18.3 Å². The predicted octanol–water partition coefficient (Wildman–Crippen LogP) is 1.31. The molecule has 1 aliphatic heterocycles. The third-order valence-corrected chi connectivity index (χ3v) is 5.52. The largest absolute Gasteiger partial charge is 0.469 e. The summed E-state index contributed by atoms with van der Waals surface area (Å²) >= 11 is 0. The number of carbonyl (C=O) groups excluding carboxylic acids is 1. The van der Waals surface area contributed by atoms with Crippen molar-refractivity contribution in [1.29, 1.82) is 0 Å². The standard InChI is InChI=1S/C12H22O5S/c1-10(9-12(13)16-2)18(14,15)8-4-6-11-5-3-7-17-11/h10-11H,3-9H2,1-2H3. The molecule has 5 nitrogen and oxygen atoms in total. The van der Waals surface area contributed by atoms with E-state index in [1.165, 1.54) is 7.11 Å². The Hall–Kier alpha value is -0.620. The van der Waals surface area contributed by atoms with Gasteiger partial charge in [0.05, 0.1) is 30.6 Å². The third kappa shape index (κ3) is 4.94. The molecule has 106 valence electrons. The van der Waals surface area contributed by atoms with Gasteiger partial charge in [0.15, 0.2) is 9.84 Å².